The maximum Gasteiger partial charge on any atom is 0.326 e. The van der Waals surface area contributed by atoms with Gasteiger partial charge in [-0.15, -0.1) is 0 Å². The van der Waals surface area contributed by atoms with Crippen LogP contribution >= 0.6 is 0 Å². The van der Waals surface area contributed by atoms with Crippen LogP contribution in [0.15, 0.2) is 0 Å². The van der Waals surface area contributed by atoms with E-state index in [1.54, 1.807) is 13.8 Å². The Morgan fingerprint density at radius 2 is 1.24 bits per heavy atom. The molecule has 11 N–H and O–H groups in total. The first-order valence-corrected chi connectivity index (χ1v) is 10.3. The van der Waals surface area contributed by atoms with Crippen molar-refractivity contribution in [3.63, 3.8) is 0 Å². The number of primary amides is 2. The zero-order valence-electron chi connectivity index (χ0n) is 18.9. The molecule has 0 aliphatic rings. The number of hydrogen-bond donors (Lipinski definition) is 8. The minimum Gasteiger partial charge on any atom is -0.481 e. The first-order valence-electron chi connectivity index (χ1n) is 10.3. The average molecular weight is 488 g/mol. The second-order valence-corrected chi connectivity index (χ2v) is 8.03. The van der Waals surface area contributed by atoms with Gasteiger partial charge in [0.05, 0.1) is 18.9 Å². The second kappa shape index (κ2) is 14.4. The molecule has 0 rings (SSSR count). The van der Waals surface area contributed by atoms with Gasteiger partial charge >= 0.3 is 11.9 Å². The van der Waals surface area contributed by atoms with Crippen LogP contribution in [0.1, 0.15) is 46.0 Å². The van der Waals surface area contributed by atoms with Crippen LogP contribution in [0, 0.1) is 5.92 Å². The number of amides is 5. The van der Waals surface area contributed by atoms with E-state index in [0.29, 0.717) is 0 Å². The molecule has 0 bridgehead atoms. The molecule has 0 aromatic heterocycles. The SMILES string of the molecule is CC(C)CC(NC(=O)C(CCC(N)=O)NC(=O)C(N)CC(N)=O)C(=O)NC(CC(=O)O)C(=O)O. The van der Waals surface area contributed by atoms with Gasteiger partial charge in [0.1, 0.15) is 18.1 Å². The monoisotopic (exact) mass is 488 g/mol. The predicted molar refractivity (Wildman–Crippen MR) is 115 cm³/mol. The van der Waals surface area contributed by atoms with Crippen molar-refractivity contribution in [3.8, 4) is 0 Å². The zero-order chi connectivity index (χ0) is 26.6. The summed E-state index contributed by atoms with van der Waals surface area (Å²) in [5, 5.41) is 24.7. The smallest absolute Gasteiger partial charge is 0.326 e. The number of hydrogen-bond acceptors (Lipinski definition) is 8. The Balaban J connectivity index is 5.60. The number of nitrogens with one attached hydrogen (secondary N) is 3. The van der Waals surface area contributed by atoms with Crippen LogP contribution in [-0.2, 0) is 33.6 Å². The number of carbonyl (C=O) groups excluding carboxylic acids is 5. The maximum absolute atomic E-state index is 12.8. The molecule has 15 heteroatoms. The van der Waals surface area contributed by atoms with E-state index >= 15 is 0 Å². The van der Waals surface area contributed by atoms with E-state index in [4.69, 9.17) is 27.4 Å². The van der Waals surface area contributed by atoms with Crippen LogP contribution in [0.5, 0.6) is 0 Å². The van der Waals surface area contributed by atoms with E-state index in [9.17, 15) is 33.6 Å². The molecule has 0 radical (unpaired) electrons. The lowest BCUT2D eigenvalue weighted by Crippen LogP contribution is -2.57. The van der Waals surface area contributed by atoms with Gasteiger partial charge in [-0.3, -0.25) is 28.8 Å². The van der Waals surface area contributed by atoms with Gasteiger partial charge in [-0.05, 0) is 18.8 Å². The minimum atomic E-state index is -1.74. The van der Waals surface area contributed by atoms with E-state index in [-0.39, 0.29) is 25.2 Å². The molecule has 4 unspecified atom stereocenters. The van der Waals surface area contributed by atoms with Crippen LogP contribution in [0.2, 0.25) is 0 Å². The van der Waals surface area contributed by atoms with Gasteiger partial charge in [-0.25, -0.2) is 4.79 Å². The summed E-state index contributed by atoms with van der Waals surface area (Å²) in [4.78, 5) is 81.9. The molecule has 0 aliphatic carbocycles. The molecule has 0 saturated heterocycles. The number of carboxylic acids is 2. The summed E-state index contributed by atoms with van der Waals surface area (Å²) in [5.74, 6) is -7.62. The van der Waals surface area contributed by atoms with Crippen molar-refractivity contribution in [2.75, 3.05) is 0 Å². The number of nitrogens with two attached hydrogens (primary N) is 3. The first-order chi connectivity index (χ1) is 15.6. The third kappa shape index (κ3) is 12.3. The Labute approximate surface area is 195 Å². The lowest BCUT2D eigenvalue weighted by atomic mass is 10.0. The van der Waals surface area contributed by atoms with E-state index in [0.717, 1.165) is 0 Å². The molecular formula is C19H32N6O9. The molecule has 0 aromatic carbocycles. The highest BCUT2D eigenvalue weighted by Gasteiger charge is 2.31. The summed E-state index contributed by atoms with van der Waals surface area (Å²) >= 11 is 0. The summed E-state index contributed by atoms with van der Waals surface area (Å²) < 4.78 is 0. The number of carboxylic acid groups (broad SMARTS) is 2. The van der Waals surface area contributed by atoms with E-state index in [1.807, 2.05) is 0 Å². The van der Waals surface area contributed by atoms with E-state index < -0.39 is 78.5 Å². The molecule has 0 aliphatic heterocycles. The van der Waals surface area contributed by atoms with Gasteiger partial charge < -0.3 is 43.4 Å². The van der Waals surface area contributed by atoms with Crippen molar-refractivity contribution in [2.24, 2.45) is 23.1 Å². The number of carbonyl (C=O) groups is 7. The summed E-state index contributed by atoms with van der Waals surface area (Å²) in [5.41, 5.74) is 15.7. The van der Waals surface area contributed by atoms with Crippen LogP contribution in [0.25, 0.3) is 0 Å². The van der Waals surface area contributed by atoms with E-state index in [2.05, 4.69) is 16.0 Å². The van der Waals surface area contributed by atoms with Crippen molar-refractivity contribution in [1.29, 1.82) is 0 Å². The highest BCUT2D eigenvalue weighted by Crippen LogP contribution is 2.08. The third-order valence-electron chi connectivity index (χ3n) is 4.40. The maximum atomic E-state index is 12.8. The van der Waals surface area contributed by atoms with Gasteiger partial charge in [-0.2, -0.15) is 0 Å². The Hall–Kier alpha value is -3.75. The molecule has 5 amide bonds. The van der Waals surface area contributed by atoms with Gasteiger partial charge in [0.25, 0.3) is 0 Å². The largest absolute Gasteiger partial charge is 0.481 e. The molecule has 0 aromatic rings. The number of aliphatic carboxylic acids is 2. The molecule has 34 heavy (non-hydrogen) atoms. The van der Waals surface area contributed by atoms with Gasteiger partial charge in [0.2, 0.25) is 29.5 Å². The fourth-order valence-electron chi connectivity index (χ4n) is 2.77. The lowest BCUT2D eigenvalue weighted by Gasteiger charge is -2.25. The van der Waals surface area contributed by atoms with Crippen LogP contribution in [0.3, 0.4) is 0 Å². The highest BCUT2D eigenvalue weighted by atomic mass is 16.4. The Morgan fingerprint density at radius 3 is 1.68 bits per heavy atom. The van der Waals surface area contributed by atoms with Gasteiger partial charge in [0.15, 0.2) is 0 Å². The fourth-order valence-corrected chi connectivity index (χ4v) is 2.77. The van der Waals surface area contributed by atoms with Crippen LogP contribution in [-0.4, -0.2) is 75.9 Å². The second-order valence-electron chi connectivity index (χ2n) is 8.03. The standard InChI is InChI=1S/C19H32N6O9/c1-8(2)5-11(18(32)25-12(19(33)34)7-15(28)29)24-17(31)10(3-4-13(21)26)23-16(30)9(20)6-14(22)27/h8-12H,3-7,20H2,1-2H3,(H2,21,26)(H2,22,27)(H,23,30)(H,24,31)(H,25,32)(H,28,29)(H,33,34). The van der Waals surface area contributed by atoms with Gasteiger partial charge in [-0.1, -0.05) is 13.8 Å². The van der Waals surface area contributed by atoms with Crippen LogP contribution < -0.4 is 33.2 Å². The average Bonchev–Trinajstić information content (AvgIpc) is 2.68. The molecule has 0 saturated carbocycles. The summed E-state index contributed by atoms with van der Waals surface area (Å²) in [6.45, 7) is 3.43. The first kappa shape index (κ1) is 30.2. The van der Waals surface area contributed by atoms with Crippen molar-refractivity contribution >= 4 is 41.5 Å². The Morgan fingerprint density at radius 1 is 0.735 bits per heavy atom. The van der Waals surface area contributed by atoms with Gasteiger partial charge in [0, 0.05) is 6.42 Å². The molecule has 0 spiro atoms. The molecule has 192 valence electrons. The van der Waals surface area contributed by atoms with Crippen molar-refractivity contribution in [1.82, 2.24) is 16.0 Å². The predicted octanol–water partition coefficient (Wildman–Crippen LogP) is -3.49. The van der Waals surface area contributed by atoms with Crippen LogP contribution in [0.4, 0.5) is 0 Å². The number of rotatable bonds is 16. The third-order valence-corrected chi connectivity index (χ3v) is 4.40. The molecule has 0 fully saturated rings. The Kier molecular flexibility index (Phi) is 12.8. The normalized spacial score (nSPS) is 14.2. The molecule has 0 heterocycles. The fraction of sp³-hybridized carbons (Fsp3) is 0.632. The lowest BCUT2D eigenvalue weighted by molar-refractivity contribution is -0.147. The molecule has 4 atom stereocenters. The molecular weight excluding hydrogens is 456 g/mol. The minimum absolute atomic E-state index is 0.0364. The summed E-state index contributed by atoms with van der Waals surface area (Å²) in [7, 11) is 0. The summed E-state index contributed by atoms with van der Waals surface area (Å²) in [6.07, 6.45) is -1.94. The quantitative estimate of drug-likeness (QED) is 0.106. The molecule has 15 nitrogen and oxygen atoms in total. The summed E-state index contributed by atoms with van der Waals surface area (Å²) in [6, 6.07) is -5.79. The van der Waals surface area contributed by atoms with Crippen molar-refractivity contribution in [2.45, 2.75) is 70.1 Å². The Bertz CT molecular complexity index is 801. The highest BCUT2D eigenvalue weighted by molar-refractivity contribution is 5.95. The van der Waals surface area contributed by atoms with Crippen molar-refractivity contribution in [3.05, 3.63) is 0 Å². The zero-order valence-corrected chi connectivity index (χ0v) is 18.9. The van der Waals surface area contributed by atoms with Crippen molar-refractivity contribution < 1.29 is 43.8 Å². The van der Waals surface area contributed by atoms with E-state index in [1.165, 1.54) is 0 Å². The topological polar surface area (TPSA) is 274 Å².